The van der Waals surface area contributed by atoms with Crippen LogP contribution in [-0.4, -0.2) is 9.79 Å². The highest BCUT2D eigenvalue weighted by Gasteiger charge is 2.26. The highest BCUT2D eigenvalue weighted by atomic mass is 31.2. The van der Waals surface area contributed by atoms with Gasteiger partial charge in [-0.25, -0.2) is 0 Å². The first-order valence-corrected chi connectivity index (χ1v) is 4.76. The summed E-state index contributed by atoms with van der Waals surface area (Å²) < 4.78 is 10.7. The van der Waals surface area contributed by atoms with Gasteiger partial charge in [-0.2, -0.15) is 0 Å². The molecule has 0 saturated heterocycles. The van der Waals surface area contributed by atoms with E-state index in [1.165, 1.54) is 12.2 Å². The average Bonchev–Trinajstić information content (AvgIpc) is 1.85. The molecule has 63 valence electrons. The van der Waals surface area contributed by atoms with Gasteiger partial charge in [0.2, 0.25) is 0 Å². The zero-order valence-electron chi connectivity index (χ0n) is 6.23. The minimum absolute atomic E-state index is 0.169. The van der Waals surface area contributed by atoms with Crippen molar-refractivity contribution in [1.82, 2.24) is 0 Å². The molecular weight excluding hydrogens is 163 g/mol. The van der Waals surface area contributed by atoms with Gasteiger partial charge in [0.1, 0.15) is 0 Å². The van der Waals surface area contributed by atoms with Crippen LogP contribution in [0.5, 0.6) is 0 Å². The Kier molecular flexibility index (Phi) is 4.34. The van der Waals surface area contributed by atoms with Gasteiger partial charge in [0.05, 0.1) is 5.66 Å². The molecule has 0 spiro atoms. The van der Waals surface area contributed by atoms with Crippen LogP contribution >= 0.6 is 7.60 Å². The molecule has 1 radical (unpaired) electrons. The van der Waals surface area contributed by atoms with Gasteiger partial charge >= 0.3 is 7.60 Å². The third-order valence-electron chi connectivity index (χ3n) is 1.17. The fourth-order valence-electron chi connectivity index (χ4n) is 0.654. The lowest BCUT2D eigenvalue weighted by Crippen LogP contribution is -1.95. The van der Waals surface area contributed by atoms with Crippen LogP contribution in [0.1, 0.15) is 12.8 Å². The molecule has 0 aliphatic carbocycles. The van der Waals surface area contributed by atoms with Crippen molar-refractivity contribution in [2.75, 3.05) is 0 Å². The van der Waals surface area contributed by atoms with Gasteiger partial charge in [0.15, 0.2) is 0 Å². The first kappa shape index (κ1) is 10.6. The largest absolute Gasteiger partial charge is 0.333 e. The van der Waals surface area contributed by atoms with E-state index in [1.54, 1.807) is 0 Å². The molecule has 0 aliphatic rings. The van der Waals surface area contributed by atoms with Crippen molar-refractivity contribution in [3.8, 4) is 0 Å². The third-order valence-corrected chi connectivity index (χ3v) is 2.36. The summed E-state index contributed by atoms with van der Waals surface area (Å²) in [6.45, 7) is 6.80. The van der Waals surface area contributed by atoms with Crippen LogP contribution in [0.3, 0.4) is 0 Å². The Morgan fingerprint density at radius 2 is 1.64 bits per heavy atom. The van der Waals surface area contributed by atoms with Gasteiger partial charge in [-0.05, 0) is 12.8 Å². The van der Waals surface area contributed by atoms with Crippen LogP contribution in [0, 0.1) is 5.66 Å². The first-order valence-electron chi connectivity index (χ1n) is 3.15. The number of allylic oxidation sites excluding steroid dienone is 2. The van der Waals surface area contributed by atoms with E-state index in [9.17, 15) is 4.57 Å². The van der Waals surface area contributed by atoms with Crippen molar-refractivity contribution >= 4 is 7.60 Å². The average molecular weight is 175 g/mol. The smallest absolute Gasteiger partial charge is 0.324 e. The summed E-state index contributed by atoms with van der Waals surface area (Å²) in [5, 5.41) is 0. The lowest BCUT2D eigenvalue weighted by molar-refractivity contribution is 0.372. The topological polar surface area (TPSA) is 57.5 Å². The van der Waals surface area contributed by atoms with E-state index in [2.05, 4.69) is 13.2 Å². The number of hydrogen-bond acceptors (Lipinski definition) is 1. The summed E-state index contributed by atoms with van der Waals surface area (Å²) in [5.74, 6) is 0. The number of hydrogen-bond donors (Lipinski definition) is 2. The van der Waals surface area contributed by atoms with Crippen LogP contribution in [0.15, 0.2) is 25.3 Å². The highest BCUT2D eigenvalue weighted by Crippen LogP contribution is 2.51. The molecule has 0 unspecified atom stereocenters. The van der Waals surface area contributed by atoms with Crippen molar-refractivity contribution < 1.29 is 14.4 Å². The molecule has 11 heavy (non-hydrogen) atoms. The van der Waals surface area contributed by atoms with Crippen molar-refractivity contribution in [2.45, 2.75) is 12.8 Å². The Morgan fingerprint density at radius 3 is 1.82 bits per heavy atom. The van der Waals surface area contributed by atoms with E-state index in [1.807, 2.05) is 0 Å². The second-order valence-corrected chi connectivity index (χ2v) is 3.82. The minimum atomic E-state index is -4.03. The zero-order chi connectivity index (χ0) is 8.91. The second-order valence-electron chi connectivity index (χ2n) is 2.10. The minimum Gasteiger partial charge on any atom is -0.324 e. The Hall–Kier alpha value is -0.370. The van der Waals surface area contributed by atoms with Crippen molar-refractivity contribution in [3.05, 3.63) is 31.0 Å². The van der Waals surface area contributed by atoms with Crippen LogP contribution in [0.2, 0.25) is 0 Å². The van der Waals surface area contributed by atoms with Crippen molar-refractivity contribution in [2.24, 2.45) is 0 Å². The molecule has 4 heteroatoms. The maximum atomic E-state index is 10.7. The fourth-order valence-corrected chi connectivity index (χ4v) is 1.39. The molecule has 0 aromatic rings. The number of rotatable bonds is 5. The van der Waals surface area contributed by atoms with E-state index in [4.69, 9.17) is 9.79 Å². The Bertz CT molecular complexity index is 172. The Morgan fingerprint density at radius 1 is 1.27 bits per heavy atom. The summed E-state index contributed by atoms with van der Waals surface area (Å²) in [4.78, 5) is 17.4. The molecule has 0 fully saturated rings. The Labute approximate surface area is 66.6 Å². The summed E-state index contributed by atoms with van der Waals surface area (Å²) >= 11 is 0. The molecule has 0 saturated carbocycles. The van der Waals surface area contributed by atoms with Gasteiger partial charge in [-0.3, -0.25) is 4.57 Å². The Balaban J connectivity index is 4.20. The van der Waals surface area contributed by atoms with Gasteiger partial charge in [0, 0.05) is 0 Å². The van der Waals surface area contributed by atoms with E-state index < -0.39 is 7.60 Å². The predicted molar refractivity (Wildman–Crippen MR) is 44.9 cm³/mol. The van der Waals surface area contributed by atoms with E-state index in [0.717, 1.165) is 0 Å². The van der Waals surface area contributed by atoms with E-state index in [0.29, 0.717) is 0 Å². The molecule has 2 N–H and O–H groups in total. The molecule has 0 bridgehead atoms. The lowest BCUT2D eigenvalue weighted by atomic mass is 10.2. The monoisotopic (exact) mass is 175 g/mol. The van der Waals surface area contributed by atoms with E-state index >= 15 is 0 Å². The first-order chi connectivity index (χ1) is 5.02. The molecule has 0 aliphatic heterocycles. The maximum absolute atomic E-state index is 10.7. The summed E-state index contributed by atoms with van der Waals surface area (Å²) in [6, 6.07) is 0. The fraction of sp³-hybridized carbons (Fsp3) is 0.286. The molecule has 0 atom stereocenters. The summed E-state index contributed by atoms with van der Waals surface area (Å²) in [6.07, 6.45) is 3.43. The van der Waals surface area contributed by atoms with Crippen molar-refractivity contribution in [1.29, 1.82) is 0 Å². The van der Waals surface area contributed by atoms with Crippen LogP contribution in [-0.2, 0) is 4.57 Å². The van der Waals surface area contributed by atoms with Gasteiger partial charge in [0.25, 0.3) is 0 Å². The standard InChI is InChI=1S/C7H12O3P/c1-3-5-7(6-4-2)11(8,9)10/h3-4H,1-2,5-6H2,(H2,8,9,10). The van der Waals surface area contributed by atoms with E-state index in [-0.39, 0.29) is 18.5 Å². The quantitative estimate of drug-likeness (QED) is 0.495. The molecule has 0 aromatic heterocycles. The highest BCUT2D eigenvalue weighted by molar-refractivity contribution is 7.55. The lowest BCUT2D eigenvalue weighted by Gasteiger charge is -2.12. The normalized spacial score (nSPS) is 11.5. The summed E-state index contributed by atoms with van der Waals surface area (Å²) in [5.41, 5.74) is 0.169. The maximum Gasteiger partial charge on any atom is 0.333 e. The van der Waals surface area contributed by atoms with Crippen molar-refractivity contribution in [3.63, 3.8) is 0 Å². The molecule has 0 heterocycles. The summed E-state index contributed by atoms with van der Waals surface area (Å²) in [7, 11) is -4.03. The third kappa shape index (κ3) is 4.14. The van der Waals surface area contributed by atoms with Crippen LogP contribution < -0.4 is 0 Å². The molecule has 0 aromatic carbocycles. The van der Waals surface area contributed by atoms with Gasteiger partial charge in [-0.15, -0.1) is 13.2 Å². The molecule has 0 rings (SSSR count). The van der Waals surface area contributed by atoms with Gasteiger partial charge in [-0.1, -0.05) is 12.2 Å². The predicted octanol–water partition coefficient (Wildman–Crippen LogP) is 1.85. The molecule has 3 nitrogen and oxygen atoms in total. The second kappa shape index (κ2) is 4.50. The SMILES string of the molecule is C=CC[C](CC=C)P(=O)(O)O. The van der Waals surface area contributed by atoms with Crippen LogP contribution in [0.25, 0.3) is 0 Å². The zero-order valence-corrected chi connectivity index (χ0v) is 7.13. The van der Waals surface area contributed by atoms with Crippen LogP contribution in [0.4, 0.5) is 0 Å². The van der Waals surface area contributed by atoms with Gasteiger partial charge < -0.3 is 9.79 Å². The molecular formula is C7H12O3P. The molecule has 0 amide bonds.